The summed E-state index contributed by atoms with van der Waals surface area (Å²) < 4.78 is 22.5. The first-order valence-electron chi connectivity index (χ1n) is 12.6. The number of benzene rings is 1. The Morgan fingerprint density at radius 3 is 2.51 bits per heavy atom. The van der Waals surface area contributed by atoms with Gasteiger partial charge in [-0.2, -0.15) is 0 Å². The van der Waals surface area contributed by atoms with Gasteiger partial charge in [0.15, 0.2) is 5.84 Å². The molecule has 2 atom stereocenters. The molecule has 0 saturated carbocycles. The van der Waals surface area contributed by atoms with Crippen LogP contribution < -0.4 is 5.73 Å². The number of ether oxygens (including phenoxy) is 4. The van der Waals surface area contributed by atoms with Gasteiger partial charge in [0.2, 0.25) is 5.76 Å². The van der Waals surface area contributed by atoms with E-state index >= 15 is 0 Å². The van der Waals surface area contributed by atoms with Crippen LogP contribution in [-0.2, 0) is 35.2 Å². The van der Waals surface area contributed by atoms with E-state index in [0.717, 1.165) is 5.56 Å². The minimum Gasteiger partial charge on any atom is -0.460 e. The molecular formula is C27H41N3O7. The lowest BCUT2D eigenvalue weighted by Crippen LogP contribution is -2.64. The highest BCUT2D eigenvalue weighted by atomic mass is 16.7. The van der Waals surface area contributed by atoms with Crippen molar-refractivity contribution >= 4 is 17.9 Å². The fraction of sp³-hybridized carbons (Fsp3) is 0.593. The summed E-state index contributed by atoms with van der Waals surface area (Å²) in [7, 11) is 1.58. The number of carbonyl (C=O) groups excluding carboxylic acids is 2. The molecule has 37 heavy (non-hydrogen) atoms. The maximum Gasteiger partial charge on any atom is 0.410 e. The van der Waals surface area contributed by atoms with Crippen molar-refractivity contribution in [3.05, 3.63) is 47.7 Å². The van der Waals surface area contributed by atoms with Gasteiger partial charge in [-0.15, -0.1) is 0 Å². The van der Waals surface area contributed by atoms with Gasteiger partial charge in [0.25, 0.3) is 0 Å². The second-order valence-electron chi connectivity index (χ2n) is 9.81. The van der Waals surface area contributed by atoms with E-state index in [1.165, 1.54) is 4.90 Å². The lowest BCUT2D eigenvalue weighted by Gasteiger charge is -2.45. The van der Waals surface area contributed by atoms with Crippen LogP contribution in [-0.4, -0.2) is 66.9 Å². The summed E-state index contributed by atoms with van der Waals surface area (Å²) in [5.74, 6) is -0.743. The summed E-state index contributed by atoms with van der Waals surface area (Å²) in [6.07, 6.45) is 2.28. The average Bonchev–Trinajstić information content (AvgIpc) is 2.86. The van der Waals surface area contributed by atoms with Crippen molar-refractivity contribution in [2.45, 2.75) is 77.7 Å². The third-order valence-electron chi connectivity index (χ3n) is 5.75. The first-order valence-corrected chi connectivity index (χ1v) is 12.6. The number of amides is 1. The summed E-state index contributed by atoms with van der Waals surface area (Å²) in [4.78, 5) is 32.0. The predicted octanol–water partition coefficient (Wildman–Crippen LogP) is 4.13. The number of allylic oxidation sites excluding steroid dienone is 1. The molecule has 1 saturated heterocycles. The molecule has 1 fully saturated rings. The number of hydrogen-bond donors (Lipinski definition) is 1. The van der Waals surface area contributed by atoms with Crippen molar-refractivity contribution in [3.8, 4) is 0 Å². The monoisotopic (exact) mass is 519 g/mol. The van der Waals surface area contributed by atoms with Gasteiger partial charge in [0, 0.05) is 7.05 Å². The van der Waals surface area contributed by atoms with E-state index in [1.54, 1.807) is 40.8 Å². The fourth-order valence-corrected chi connectivity index (χ4v) is 3.70. The highest BCUT2D eigenvalue weighted by Crippen LogP contribution is 2.31. The summed E-state index contributed by atoms with van der Waals surface area (Å²) in [5, 5.41) is 4.03. The van der Waals surface area contributed by atoms with Gasteiger partial charge in [-0.3, -0.25) is 4.90 Å². The predicted molar refractivity (Wildman–Crippen MR) is 140 cm³/mol. The molecule has 1 heterocycles. The molecule has 0 aromatic heterocycles. The Balaban J connectivity index is 2.17. The topological polar surface area (TPSA) is 122 Å². The van der Waals surface area contributed by atoms with Gasteiger partial charge in [-0.05, 0) is 58.6 Å². The molecule has 10 nitrogen and oxygen atoms in total. The zero-order valence-corrected chi connectivity index (χ0v) is 22.8. The SMILES string of the molecule is CCC=C(ON=C(N)[C@]1(N(C)C(=O)OC(C)(C)C)CC[C@H](COCc2ccccc2)OC1)C(=O)OCC. The quantitative estimate of drug-likeness (QED) is 0.116. The Hall–Kier alpha value is -3.11. The number of nitrogens with zero attached hydrogens (tertiary/aromatic N) is 2. The zero-order chi connectivity index (χ0) is 27.5. The molecule has 0 bridgehead atoms. The standard InChI is InChI=1S/C27H41N3O7/c1-7-12-22(23(31)34-8-2)37-29-24(28)27(30(6)25(32)36-26(3,4)5)16-15-21(35-19-27)18-33-17-20-13-10-9-11-14-20/h9-14,21H,7-8,15-19H2,1-6H3,(H2,28,29)/t21-,27+/m1/s1. The number of nitrogens with two attached hydrogens (primary N) is 1. The highest BCUT2D eigenvalue weighted by molar-refractivity contribution is 5.93. The van der Waals surface area contributed by atoms with E-state index in [2.05, 4.69) is 5.16 Å². The molecule has 1 aromatic carbocycles. The number of esters is 1. The molecule has 1 aliphatic heterocycles. The number of likely N-dealkylation sites (N-methyl/N-ethyl adjacent to an activating group) is 1. The van der Waals surface area contributed by atoms with E-state index in [1.807, 2.05) is 37.3 Å². The Bertz CT molecular complexity index is 933. The third kappa shape index (κ3) is 9.05. The Kier molecular flexibility index (Phi) is 11.4. The first-order chi connectivity index (χ1) is 17.5. The lowest BCUT2D eigenvalue weighted by atomic mass is 9.87. The van der Waals surface area contributed by atoms with Crippen LogP contribution in [0.15, 0.2) is 47.3 Å². The van der Waals surface area contributed by atoms with Crippen molar-refractivity contribution in [2.75, 3.05) is 26.9 Å². The van der Waals surface area contributed by atoms with E-state index in [9.17, 15) is 9.59 Å². The van der Waals surface area contributed by atoms with Gasteiger partial charge < -0.3 is 29.5 Å². The number of rotatable bonds is 11. The van der Waals surface area contributed by atoms with E-state index < -0.39 is 23.2 Å². The van der Waals surface area contributed by atoms with Crippen molar-refractivity contribution in [1.82, 2.24) is 4.90 Å². The molecule has 0 spiro atoms. The maximum absolute atomic E-state index is 13.0. The van der Waals surface area contributed by atoms with Gasteiger partial charge in [-0.1, -0.05) is 42.4 Å². The normalized spacial score (nSPS) is 20.8. The zero-order valence-electron chi connectivity index (χ0n) is 22.8. The minimum atomic E-state index is -1.15. The maximum atomic E-state index is 13.0. The van der Waals surface area contributed by atoms with Crippen LogP contribution in [0.25, 0.3) is 0 Å². The molecule has 10 heteroatoms. The van der Waals surface area contributed by atoms with Crippen LogP contribution in [0.3, 0.4) is 0 Å². The highest BCUT2D eigenvalue weighted by Gasteiger charge is 2.47. The molecule has 1 aromatic rings. The number of carbonyl (C=O) groups is 2. The fourth-order valence-electron chi connectivity index (χ4n) is 3.70. The minimum absolute atomic E-state index is 0.0178. The van der Waals surface area contributed by atoms with Crippen molar-refractivity contribution in [2.24, 2.45) is 10.9 Å². The van der Waals surface area contributed by atoms with Gasteiger partial charge in [0.05, 0.1) is 32.5 Å². The van der Waals surface area contributed by atoms with Crippen LogP contribution >= 0.6 is 0 Å². The van der Waals surface area contributed by atoms with Crippen molar-refractivity contribution in [3.63, 3.8) is 0 Å². The Labute approximate surface area is 219 Å². The molecule has 0 unspecified atom stereocenters. The molecule has 0 radical (unpaired) electrons. The lowest BCUT2D eigenvalue weighted by molar-refractivity contribution is -0.142. The van der Waals surface area contributed by atoms with Gasteiger partial charge in [0.1, 0.15) is 11.1 Å². The second-order valence-corrected chi connectivity index (χ2v) is 9.81. The number of hydrogen-bond acceptors (Lipinski definition) is 8. The van der Waals surface area contributed by atoms with Crippen LogP contribution in [0.4, 0.5) is 4.79 Å². The molecule has 1 aliphatic rings. The Morgan fingerprint density at radius 2 is 1.95 bits per heavy atom. The van der Waals surface area contributed by atoms with E-state index in [0.29, 0.717) is 32.5 Å². The van der Waals surface area contributed by atoms with Crippen molar-refractivity contribution < 1.29 is 33.4 Å². The third-order valence-corrected chi connectivity index (χ3v) is 5.75. The van der Waals surface area contributed by atoms with Gasteiger partial charge >= 0.3 is 12.1 Å². The van der Waals surface area contributed by atoms with Gasteiger partial charge in [-0.25, -0.2) is 9.59 Å². The second kappa shape index (κ2) is 14.0. The number of amidine groups is 1. The average molecular weight is 520 g/mol. The molecule has 2 N–H and O–H groups in total. The molecule has 206 valence electrons. The van der Waals surface area contributed by atoms with E-state index in [4.69, 9.17) is 29.5 Å². The van der Waals surface area contributed by atoms with Crippen molar-refractivity contribution in [1.29, 1.82) is 0 Å². The number of oxime groups is 1. The molecule has 2 rings (SSSR count). The van der Waals surface area contributed by atoms with Crippen LogP contribution in [0.1, 0.15) is 59.4 Å². The smallest absolute Gasteiger partial charge is 0.410 e. The first kappa shape index (κ1) is 30.1. The van der Waals surface area contributed by atoms with Crippen LogP contribution in [0.5, 0.6) is 0 Å². The summed E-state index contributed by atoms with van der Waals surface area (Å²) in [6.45, 7) is 10.00. The van der Waals surface area contributed by atoms with Crippen LogP contribution in [0.2, 0.25) is 0 Å². The molecule has 0 aliphatic carbocycles. The Morgan fingerprint density at radius 1 is 1.24 bits per heavy atom. The summed E-state index contributed by atoms with van der Waals surface area (Å²) in [6, 6.07) is 9.88. The van der Waals surface area contributed by atoms with Crippen LogP contribution in [0, 0.1) is 0 Å². The molecule has 1 amide bonds. The largest absolute Gasteiger partial charge is 0.460 e. The van der Waals surface area contributed by atoms with E-state index in [-0.39, 0.29) is 30.9 Å². The summed E-state index contributed by atoms with van der Waals surface area (Å²) >= 11 is 0. The molecular weight excluding hydrogens is 478 g/mol. The summed E-state index contributed by atoms with van der Waals surface area (Å²) in [5.41, 5.74) is 5.63.